The molecule has 1 aromatic heterocycles. The van der Waals surface area contributed by atoms with E-state index in [2.05, 4.69) is 5.32 Å². The van der Waals surface area contributed by atoms with E-state index in [0.717, 1.165) is 9.90 Å². The van der Waals surface area contributed by atoms with Gasteiger partial charge in [-0.05, 0) is 37.3 Å². The minimum Gasteiger partial charge on any atom is -0.304 e. The van der Waals surface area contributed by atoms with E-state index >= 15 is 0 Å². The fourth-order valence-electron chi connectivity index (χ4n) is 2.28. The topological polar surface area (TPSA) is 46.2 Å². The smallest absolute Gasteiger partial charge is 0.152 e. The molecule has 96 valence electrons. The first-order valence-corrected chi connectivity index (χ1v) is 8.60. The van der Waals surface area contributed by atoms with Crippen molar-refractivity contribution in [3.05, 3.63) is 21.3 Å². The zero-order valence-corrected chi connectivity index (χ0v) is 12.3. The lowest BCUT2D eigenvalue weighted by atomic mass is 9.99. The number of halogens is 1. The molecule has 1 saturated heterocycles. The molecule has 17 heavy (non-hydrogen) atoms. The molecule has 2 unspecified atom stereocenters. The molecule has 0 saturated carbocycles. The summed E-state index contributed by atoms with van der Waals surface area (Å²) in [6.45, 7) is 4.01. The van der Waals surface area contributed by atoms with Gasteiger partial charge < -0.3 is 5.32 Å². The van der Waals surface area contributed by atoms with E-state index in [-0.39, 0.29) is 23.1 Å². The minimum absolute atomic E-state index is 0.122. The van der Waals surface area contributed by atoms with Crippen molar-refractivity contribution in [1.82, 2.24) is 5.32 Å². The van der Waals surface area contributed by atoms with Crippen LogP contribution >= 0.6 is 22.9 Å². The average Bonchev–Trinajstić information content (AvgIpc) is 2.71. The van der Waals surface area contributed by atoms with E-state index in [4.69, 9.17) is 11.6 Å². The summed E-state index contributed by atoms with van der Waals surface area (Å²) >= 11 is 7.39. The van der Waals surface area contributed by atoms with Gasteiger partial charge in [0.15, 0.2) is 9.84 Å². The first-order valence-electron chi connectivity index (χ1n) is 5.52. The van der Waals surface area contributed by atoms with Crippen LogP contribution in [0.2, 0.25) is 4.34 Å². The van der Waals surface area contributed by atoms with Crippen molar-refractivity contribution < 1.29 is 8.42 Å². The minimum atomic E-state index is -2.86. The van der Waals surface area contributed by atoms with E-state index in [0.29, 0.717) is 6.42 Å². The summed E-state index contributed by atoms with van der Waals surface area (Å²) in [6.07, 6.45) is 0.678. The predicted molar refractivity (Wildman–Crippen MR) is 72.6 cm³/mol. The summed E-state index contributed by atoms with van der Waals surface area (Å²) in [6, 6.07) is 2.05. The molecule has 2 rings (SSSR count). The van der Waals surface area contributed by atoms with Crippen LogP contribution in [0.25, 0.3) is 0 Å². The molecule has 6 heteroatoms. The van der Waals surface area contributed by atoms with Crippen LogP contribution in [0.5, 0.6) is 0 Å². The van der Waals surface area contributed by atoms with Gasteiger partial charge in [0.2, 0.25) is 0 Å². The number of hydrogen-bond donors (Lipinski definition) is 1. The van der Waals surface area contributed by atoms with Crippen LogP contribution in [0.4, 0.5) is 0 Å². The number of thiophene rings is 1. The van der Waals surface area contributed by atoms with Gasteiger partial charge in [-0.25, -0.2) is 8.42 Å². The highest BCUT2D eigenvalue weighted by atomic mass is 35.5. The number of sulfone groups is 1. The standard InChI is InChI=1S/C11H16ClNO2S2/c1-8(9-5-10(12)16-6-9)13-11(2)3-4-17(14,15)7-11/h5-6,8,13H,3-4,7H2,1-2H3. The Labute approximate surface area is 111 Å². The van der Waals surface area contributed by atoms with Gasteiger partial charge in [0.05, 0.1) is 15.8 Å². The van der Waals surface area contributed by atoms with Crippen LogP contribution in [-0.4, -0.2) is 25.5 Å². The van der Waals surface area contributed by atoms with Crippen LogP contribution in [0, 0.1) is 0 Å². The normalized spacial score (nSPS) is 29.4. The summed E-state index contributed by atoms with van der Waals surface area (Å²) < 4.78 is 23.8. The lowest BCUT2D eigenvalue weighted by molar-refractivity contribution is 0.356. The van der Waals surface area contributed by atoms with Gasteiger partial charge in [0.25, 0.3) is 0 Å². The molecular formula is C11H16ClNO2S2. The third kappa shape index (κ3) is 3.22. The maximum atomic E-state index is 11.5. The maximum absolute atomic E-state index is 11.5. The molecule has 0 amide bonds. The molecule has 1 aromatic rings. The largest absolute Gasteiger partial charge is 0.304 e. The van der Waals surface area contributed by atoms with E-state index in [1.54, 1.807) is 0 Å². The van der Waals surface area contributed by atoms with Gasteiger partial charge in [-0.1, -0.05) is 11.6 Å². The van der Waals surface area contributed by atoms with Crippen LogP contribution < -0.4 is 5.32 Å². The molecule has 3 nitrogen and oxygen atoms in total. The average molecular weight is 294 g/mol. The molecule has 1 N–H and O–H groups in total. The molecule has 2 atom stereocenters. The van der Waals surface area contributed by atoms with Crippen LogP contribution in [0.1, 0.15) is 31.9 Å². The molecule has 0 aromatic carbocycles. The van der Waals surface area contributed by atoms with E-state index in [1.807, 2.05) is 25.3 Å². The lowest BCUT2D eigenvalue weighted by Crippen LogP contribution is -2.44. The van der Waals surface area contributed by atoms with Crippen molar-refractivity contribution in [2.24, 2.45) is 0 Å². The highest BCUT2D eigenvalue weighted by molar-refractivity contribution is 7.91. The first kappa shape index (κ1) is 13.3. The van der Waals surface area contributed by atoms with Crippen molar-refractivity contribution in [3.8, 4) is 0 Å². The highest BCUT2D eigenvalue weighted by Gasteiger charge is 2.39. The molecular weight excluding hydrogens is 278 g/mol. The Morgan fingerprint density at radius 3 is 2.76 bits per heavy atom. The fourth-order valence-corrected chi connectivity index (χ4v) is 5.37. The Kier molecular flexibility index (Phi) is 3.56. The van der Waals surface area contributed by atoms with Crippen molar-refractivity contribution in [3.63, 3.8) is 0 Å². The number of rotatable bonds is 3. The van der Waals surface area contributed by atoms with Gasteiger partial charge in [-0.2, -0.15) is 0 Å². The maximum Gasteiger partial charge on any atom is 0.152 e. The van der Waals surface area contributed by atoms with Gasteiger partial charge in [0.1, 0.15) is 0 Å². The Balaban J connectivity index is 2.07. The zero-order chi connectivity index (χ0) is 12.7. The Morgan fingerprint density at radius 1 is 1.59 bits per heavy atom. The molecule has 1 aliphatic rings. The Morgan fingerprint density at radius 2 is 2.29 bits per heavy atom. The van der Waals surface area contributed by atoms with E-state index in [9.17, 15) is 8.42 Å². The lowest BCUT2D eigenvalue weighted by Gasteiger charge is -2.28. The summed E-state index contributed by atoms with van der Waals surface area (Å²) in [5.41, 5.74) is 0.803. The second-order valence-corrected chi connectivity index (χ2v) is 8.68. The summed E-state index contributed by atoms with van der Waals surface area (Å²) in [5.74, 6) is 0.510. The Bertz CT molecular complexity index is 511. The third-order valence-electron chi connectivity index (χ3n) is 3.16. The number of hydrogen-bond acceptors (Lipinski definition) is 4. The van der Waals surface area contributed by atoms with Gasteiger partial charge in [-0.3, -0.25) is 0 Å². The molecule has 1 aliphatic heterocycles. The molecule has 0 radical (unpaired) electrons. The summed E-state index contributed by atoms with van der Waals surface area (Å²) in [4.78, 5) is 0. The monoisotopic (exact) mass is 293 g/mol. The van der Waals surface area contributed by atoms with Crippen molar-refractivity contribution in [1.29, 1.82) is 0 Å². The molecule has 0 bridgehead atoms. The van der Waals surface area contributed by atoms with Gasteiger partial charge >= 0.3 is 0 Å². The third-order valence-corrected chi connectivity index (χ3v) is 6.17. The van der Waals surface area contributed by atoms with Gasteiger partial charge in [0, 0.05) is 11.6 Å². The second kappa shape index (κ2) is 4.53. The van der Waals surface area contributed by atoms with Crippen LogP contribution in [0.3, 0.4) is 0 Å². The SMILES string of the molecule is CC(NC1(C)CCS(=O)(=O)C1)c1csc(Cl)c1. The van der Waals surface area contributed by atoms with Gasteiger partial charge in [-0.15, -0.1) is 11.3 Å². The highest BCUT2D eigenvalue weighted by Crippen LogP contribution is 2.29. The van der Waals surface area contributed by atoms with Crippen molar-refractivity contribution in [2.75, 3.05) is 11.5 Å². The van der Waals surface area contributed by atoms with E-state index < -0.39 is 9.84 Å². The summed E-state index contributed by atoms with van der Waals surface area (Å²) in [5, 5.41) is 5.42. The predicted octanol–water partition coefficient (Wildman–Crippen LogP) is 2.63. The molecule has 1 fully saturated rings. The zero-order valence-electron chi connectivity index (χ0n) is 9.86. The second-order valence-electron chi connectivity index (χ2n) is 4.95. The molecule has 2 heterocycles. The quantitative estimate of drug-likeness (QED) is 0.932. The van der Waals surface area contributed by atoms with Crippen LogP contribution in [0.15, 0.2) is 11.4 Å². The van der Waals surface area contributed by atoms with Crippen LogP contribution in [-0.2, 0) is 9.84 Å². The van der Waals surface area contributed by atoms with Crippen molar-refractivity contribution >= 4 is 32.8 Å². The Hall–Kier alpha value is -0.100. The van der Waals surface area contributed by atoms with Crippen molar-refractivity contribution in [2.45, 2.75) is 31.8 Å². The number of nitrogens with one attached hydrogen (secondary N) is 1. The fraction of sp³-hybridized carbons (Fsp3) is 0.636. The molecule has 0 spiro atoms. The first-order chi connectivity index (χ1) is 7.80. The summed E-state index contributed by atoms with van der Waals surface area (Å²) in [7, 11) is -2.86. The van der Waals surface area contributed by atoms with E-state index in [1.165, 1.54) is 11.3 Å². The molecule has 0 aliphatic carbocycles.